The maximum atomic E-state index is 11.9. The van der Waals surface area contributed by atoms with E-state index in [4.69, 9.17) is 5.11 Å². The van der Waals surface area contributed by atoms with Gasteiger partial charge in [-0.05, 0) is 12.8 Å². The minimum absolute atomic E-state index is 0.117. The summed E-state index contributed by atoms with van der Waals surface area (Å²) in [5.74, 6) is -1.58. The molecule has 1 fully saturated rings. The molecule has 1 rings (SSSR count). The van der Waals surface area contributed by atoms with Gasteiger partial charge in [0.15, 0.2) is 0 Å². The van der Waals surface area contributed by atoms with Crippen molar-refractivity contribution < 1.29 is 19.5 Å². The Bertz CT molecular complexity index is 356. The second-order valence-electron chi connectivity index (χ2n) is 4.70. The first kappa shape index (κ1) is 14.4. The highest BCUT2D eigenvalue weighted by Crippen LogP contribution is 2.05. The van der Waals surface area contributed by atoms with Gasteiger partial charge in [0.05, 0.1) is 6.61 Å². The Morgan fingerprint density at radius 2 is 1.67 bits per heavy atom. The molecule has 1 aliphatic rings. The van der Waals surface area contributed by atoms with Crippen molar-refractivity contribution in [3.63, 3.8) is 0 Å². The summed E-state index contributed by atoms with van der Waals surface area (Å²) in [5.41, 5.74) is 0. The summed E-state index contributed by atoms with van der Waals surface area (Å²) < 4.78 is 0. The molecular weight excluding hydrogens is 238 g/mol. The number of nitrogens with one attached hydrogen (secondary N) is 3. The standard InChI is InChI=1S/C11H19N3O4/c1-5(2)8-11(18)13-7(4-15)10(17)12-6(3)9(16)14-8/h5-8,15H,4H2,1-3H3,(H,12,17)(H,13,18)(H,14,16). The molecule has 7 nitrogen and oxygen atoms in total. The van der Waals surface area contributed by atoms with Crippen molar-refractivity contribution in [1.82, 2.24) is 16.0 Å². The van der Waals surface area contributed by atoms with E-state index in [1.165, 1.54) is 6.92 Å². The third kappa shape index (κ3) is 3.19. The average molecular weight is 257 g/mol. The SMILES string of the molecule is CC1NC(=O)C(CO)NC(=O)C(C(C)C)NC1=O. The van der Waals surface area contributed by atoms with Crippen LogP contribution in [0.2, 0.25) is 0 Å². The van der Waals surface area contributed by atoms with E-state index in [0.717, 1.165) is 0 Å². The normalized spacial score (nSPS) is 29.8. The maximum absolute atomic E-state index is 11.9. The monoisotopic (exact) mass is 257 g/mol. The van der Waals surface area contributed by atoms with Gasteiger partial charge in [-0.25, -0.2) is 0 Å². The fourth-order valence-corrected chi connectivity index (χ4v) is 1.65. The Hall–Kier alpha value is -1.63. The molecule has 0 spiro atoms. The van der Waals surface area contributed by atoms with Crippen LogP contribution >= 0.6 is 0 Å². The van der Waals surface area contributed by atoms with Crippen LogP contribution in [0.1, 0.15) is 20.8 Å². The molecular formula is C11H19N3O4. The predicted molar refractivity (Wildman–Crippen MR) is 63.4 cm³/mol. The van der Waals surface area contributed by atoms with Crippen molar-refractivity contribution >= 4 is 17.7 Å². The number of aliphatic hydroxyl groups is 1. The molecule has 1 heterocycles. The highest BCUT2D eigenvalue weighted by molar-refractivity contribution is 5.97. The number of rotatable bonds is 2. The molecule has 3 atom stereocenters. The summed E-state index contributed by atoms with van der Waals surface area (Å²) in [7, 11) is 0. The summed E-state index contributed by atoms with van der Waals surface area (Å²) in [6, 6.07) is -2.50. The van der Waals surface area contributed by atoms with Gasteiger partial charge in [-0.3, -0.25) is 14.4 Å². The first-order chi connectivity index (χ1) is 8.36. The lowest BCUT2D eigenvalue weighted by atomic mass is 10.0. The number of carbonyl (C=O) groups excluding carboxylic acids is 3. The molecule has 0 saturated carbocycles. The van der Waals surface area contributed by atoms with E-state index in [-0.39, 0.29) is 5.92 Å². The highest BCUT2D eigenvalue weighted by Gasteiger charge is 2.32. The van der Waals surface area contributed by atoms with Crippen LogP contribution in [0, 0.1) is 5.92 Å². The van der Waals surface area contributed by atoms with Crippen LogP contribution in [0.4, 0.5) is 0 Å². The molecule has 0 bridgehead atoms. The van der Waals surface area contributed by atoms with Crippen molar-refractivity contribution in [3.05, 3.63) is 0 Å². The minimum Gasteiger partial charge on any atom is -0.394 e. The van der Waals surface area contributed by atoms with Crippen LogP contribution in [0.5, 0.6) is 0 Å². The van der Waals surface area contributed by atoms with Crippen molar-refractivity contribution in [1.29, 1.82) is 0 Å². The molecule has 1 aliphatic heterocycles. The third-order valence-corrected chi connectivity index (χ3v) is 2.81. The lowest BCUT2D eigenvalue weighted by Crippen LogP contribution is -2.53. The van der Waals surface area contributed by atoms with E-state index < -0.39 is 42.5 Å². The second kappa shape index (κ2) is 5.81. The number of carbonyl (C=O) groups is 3. The molecule has 0 aliphatic carbocycles. The van der Waals surface area contributed by atoms with E-state index in [1.807, 2.05) is 0 Å². The van der Waals surface area contributed by atoms with E-state index in [1.54, 1.807) is 13.8 Å². The van der Waals surface area contributed by atoms with E-state index in [2.05, 4.69) is 16.0 Å². The van der Waals surface area contributed by atoms with Crippen LogP contribution in [0.25, 0.3) is 0 Å². The largest absolute Gasteiger partial charge is 0.394 e. The summed E-state index contributed by atoms with van der Waals surface area (Å²) in [5, 5.41) is 16.5. The molecule has 3 amide bonds. The quantitative estimate of drug-likeness (QED) is 0.464. The number of aliphatic hydroxyl groups excluding tert-OH is 1. The Labute approximate surface area is 105 Å². The van der Waals surface area contributed by atoms with Crippen molar-refractivity contribution in [2.75, 3.05) is 6.61 Å². The molecule has 7 heteroatoms. The minimum atomic E-state index is -1.03. The van der Waals surface area contributed by atoms with Gasteiger partial charge in [-0.2, -0.15) is 0 Å². The molecule has 0 radical (unpaired) electrons. The predicted octanol–water partition coefficient (Wildman–Crippen LogP) is -1.88. The van der Waals surface area contributed by atoms with Gasteiger partial charge in [-0.1, -0.05) is 13.8 Å². The zero-order chi connectivity index (χ0) is 13.9. The van der Waals surface area contributed by atoms with Crippen molar-refractivity contribution in [2.24, 2.45) is 5.92 Å². The fourth-order valence-electron chi connectivity index (χ4n) is 1.65. The lowest BCUT2D eigenvalue weighted by molar-refractivity contribution is -0.131. The molecule has 4 N–H and O–H groups in total. The van der Waals surface area contributed by atoms with Gasteiger partial charge in [0.1, 0.15) is 18.1 Å². The van der Waals surface area contributed by atoms with Crippen molar-refractivity contribution in [3.8, 4) is 0 Å². The summed E-state index contributed by atoms with van der Waals surface area (Å²) in [6.07, 6.45) is 0. The summed E-state index contributed by atoms with van der Waals surface area (Å²) >= 11 is 0. The number of hydrogen-bond acceptors (Lipinski definition) is 4. The number of hydrogen-bond donors (Lipinski definition) is 4. The molecule has 18 heavy (non-hydrogen) atoms. The van der Waals surface area contributed by atoms with E-state index in [9.17, 15) is 14.4 Å². The van der Waals surface area contributed by atoms with Gasteiger partial charge in [0, 0.05) is 0 Å². The first-order valence-electron chi connectivity index (χ1n) is 5.88. The van der Waals surface area contributed by atoms with Gasteiger partial charge < -0.3 is 21.1 Å². The highest BCUT2D eigenvalue weighted by atomic mass is 16.3. The lowest BCUT2D eigenvalue weighted by Gasteiger charge is -2.22. The van der Waals surface area contributed by atoms with Gasteiger partial charge in [-0.15, -0.1) is 0 Å². The molecule has 102 valence electrons. The smallest absolute Gasteiger partial charge is 0.245 e. The topological polar surface area (TPSA) is 108 Å². The third-order valence-electron chi connectivity index (χ3n) is 2.81. The van der Waals surface area contributed by atoms with Crippen LogP contribution < -0.4 is 16.0 Å². The molecule has 1 saturated heterocycles. The van der Waals surface area contributed by atoms with Crippen molar-refractivity contribution in [2.45, 2.75) is 38.9 Å². The molecule has 0 aromatic rings. The van der Waals surface area contributed by atoms with Crippen LogP contribution in [0.15, 0.2) is 0 Å². The van der Waals surface area contributed by atoms with Gasteiger partial charge >= 0.3 is 0 Å². The Balaban J connectivity index is 2.99. The van der Waals surface area contributed by atoms with E-state index in [0.29, 0.717) is 0 Å². The van der Waals surface area contributed by atoms with E-state index >= 15 is 0 Å². The first-order valence-corrected chi connectivity index (χ1v) is 5.88. The Kier molecular flexibility index (Phi) is 4.66. The molecule has 0 aromatic heterocycles. The number of amides is 3. The second-order valence-corrected chi connectivity index (χ2v) is 4.70. The Morgan fingerprint density at radius 3 is 2.17 bits per heavy atom. The maximum Gasteiger partial charge on any atom is 0.245 e. The molecule has 3 unspecified atom stereocenters. The molecule has 0 aromatic carbocycles. The summed E-state index contributed by atoms with van der Waals surface area (Å²) in [6.45, 7) is 4.59. The van der Waals surface area contributed by atoms with Crippen LogP contribution in [-0.2, 0) is 14.4 Å². The summed E-state index contributed by atoms with van der Waals surface area (Å²) in [4.78, 5) is 35.3. The van der Waals surface area contributed by atoms with Crippen LogP contribution in [-0.4, -0.2) is 47.6 Å². The van der Waals surface area contributed by atoms with Gasteiger partial charge in [0.25, 0.3) is 0 Å². The Morgan fingerprint density at radius 1 is 1.06 bits per heavy atom. The fraction of sp³-hybridized carbons (Fsp3) is 0.727. The average Bonchev–Trinajstić information content (AvgIpc) is 2.33. The van der Waals surface area contributed by atoms with Crippen LogP contribution in [0.3, 0.4) is 0 Å². The zero-order valence-electron chi connectivity index (χ0n) is 10.7. The zero-order valence-corrected chi connectivity index (χ0v) is 10.7. The van der Waals surface area contributed by atoms with Gasteiger partial charge in [0.2, 0.25) is 17.7 Å².